The minimum absolute atomic E-state index is 0.250. The van der Waals surface area contributed by atoms with Crippen LogP contribution in [0.4, 0.5) is 0 Å². The molecule has 2 rings (SSSR count). The first-order valence-electron chi connectivity index (χ1n) is 5.55. The third kappa shape index (κ3) is 2.53. The highest BCUT2D eigenvalue weighted by molar-refractivity contribution is 5.41. The van der Waals surface area contributed by atoms with E-state index in [0.717, 1.165) is 37.4 Å². The molecule has 84 valence electrons. The predicted molar refractivity (Wildman–Crippen MR) is 60.4 cm³/mol. The number of nitrogens with zero attached hydrogens (tertiary/aromatic N) is 1. The average molecular weight is 217 g/mol. The maximum Gasteiger partial charge on any atom is 0.122 e. The molecule has 0 aromatic heterocycles. The molecule has 3 nitrogen and oxygen atoms in total. The summed E-state index contributed by atoms with van der Waals surface area (Å²) in [6.45, 7) is 3.52. The van der Waals surface area contributed by atoms with Crippen molar-refractivity contribution in [2.24, 2.45) is 0 Å². The number of rotatable bonds is 2. The first-order valence-corrected chi connectivity index (χ1v) is 5.55. The summed E-state index contributed by atoms with van der Waals surface area (Å²) in [5, 5.41) is 8.77. The Kier molecular flexibility index (Phi) is 3.43. The van der Waals surface area contributed by atoms with Crippen molar-refractivity contribution in [1.82, 2.24) is 0 Å². The SMILES string of the molecule is Cc1cc(C#N)ccc1OC1CCOCC1. The van der Waals surface area contributed by atoms with Crippen LogP contribution in [0.5, 0.6) is 5.75 Å². The van der Waals surface area contributed by atoms with E-state index in [1.165, 1.54) is 0 Å². The van der Waals surface area contributed by atoms with E-state index in [9.17, 15) is 0 Å². The second kappa shape index (κ2) is 5.00. The number of hydrogen-bond donors (Lipinski definition) is 0. The first kappa shape index (κ1) is 11.0. The van der Waals surface area contributed by atoms with E-state index in [1.807, 2.05) is 19.1 Å². The van der Waals surface area contributed by atoms with Gasteiger partial charge in [0.05, 0.1) is 24.8 Å². The van der Waals surface area contributed by atoms with Crippen LogP contribution in [0.2, 0.25) is 0 Å². The summed E-state index contributed by atoms with van der Waals surface area (Å²) in [6, 6.07) is 7.65. The van der Waals surface area contributed by atoms with Crippen LogP contribution in [-0.2, 0) is 4.74 Å². The lowest BCUT2D eigenvalue weighted by molar-refractivity contribution is 0.0253. The zero-order valence-electron chi connectivity index (χ0n) is 9.40. The molecule has 0 aliphatic carbocycles. The highest BCUT2D eigenvalue weighted by Crippen LogP contribution is 2.22. The van der Waals surface area contributed by atoms with Crippen LogP contribution < -0.4 is 4.74 Å². The summed E-state index contributed by atoms with van der Waals surface area (Å²) in [5.74, 6) is 0.880. The summed E-state index contributed by atoms with van der Waals surface area (Å²) < 4.78 is 11.2. The molecule has 1 aromatic rings. The Labute approximate surface area is 95.6 Å². The Morgan fingerprint density at radius 2 is 2.12 bits per heavy atom. The van der Waals surface area contributed by atoms with Gasteiger partial charge in [-0.15, -0.1) is 0 Å². The number of benzene rings is 1. The largest absolute Gasteiger partial charge is 0.490 e. The molecule has 0 saturated carbocycles. The van der Waals surface area contributed by atoms with Crippen molar-refractivity contribution >= 4 is 0 Å². The van der Waals surface area contributed by atoms with Gasteiger partial charge in [-0.2, -0.15) is 5.26 Å². The Balaban J connectivity index is 2.06. The van der Waals surface area contributed by atoms with Crippen LogP contribution in [0.25, 0.3) is 0 Å². The van der Waals surface area contributed by atoms with Gasteiger partial charge in [-0.05, 0) is 30.7 Å². The third-order valence-electron chi connectivity index (χ3n) is 2.77. The van der Waals surface area contributed by atoms with Crippen LogP contribution >= 0.6 is 0 Å². The molecule has 0 unspecified atom stereocenters. The standard InChI is InChI=1S/C13H15NO2/c1-10-8-11(9-14)2-3-13(10)16-12-4-6-15-7-5-12/h2-3,8,12H,4-7H2,1H3. The molecule has 0 spiro atoms. The van der Waals surface area contributed by atoms with E-state index in [4.69, 9.17) is 14.7 Å². The molecule has 0 amide bonds. The minimum Gasteiger partial charge on any atom is -0.490 e. The normalized spacial score (nSPS) is 16.8. The van der Waals surface area contributed by atoms with E-state index in [1.54, 1.807) is 6.07 Å². The van der Waals surface area contributed by atoms with Crippen molar-refractivity contribution in [2.45, 2.75) is 25.9 Å². The van der Waals surface area contributed by atoms with Crippen molar-refractivity contribution in [3.63, 3.8) is 0 Å². The molecule has 1 aromatic carbocycles. The fraction of sp³-hybridized carbons (Fsp3) is 0.462. The molecule has 0 N–H and O–H groups in total. The molecule has 1 fully saturated rings. The van der Waals surface area contributed by atoms with Crippen LogP contribution in [0.15, 0.2) is 18.2 Å². The van der Waals surface area contributed by atoms with Gasteiger partial charge in [0.1, 0.15) is 11.9 Å². The fourth-order valence-electron chi connectivity index (χ4n) is 1.82. The Bertz CT molecular complexity index is 403. The minimum atomic E-state index is 0.250. The van der Waals surface area contributed by atoms with Crippen LogP contribution in [0, 0.1) is 18.3 Å². The van der Waals surface area contributed by atoms with Gasteiger partial charge in [0, 0.05) is 12.8 Å². The zero-order valence-corrected chi connectivity index (χ0v) is 9.40. The highest BCUT2D eigenvalue weighted by atomic mass is 16.5. The Morgan fingerprint density at radius 1 is 1.38 bits per heavy atom. The van der Waals surface area contributed by atoms with Crippen molar-refractivity contribution in [3.05, 3.63) is 29.3 Å². The molecule has 1 aliphatic rings. The monoisotopic (exact) mass is 217 g/mol. The third-order valence-corrected chi connectivity index (χ3v) is 2.77. The maximum atomic E-state index is 8.77. The highest BCUT2D eigenvalue weighted by Gasteiger charge is 2.16. The molecule has 16 heavy (non-hydrogen) atoms. The molecule has 1 aliphatic heterocycles. The number of nitriles is 1. The Morgan fingerprint density at radius 3 is 2.75 bits per heavy atom. The fourth-order valence-corrected chi connectivity index (χ4v) is 1.82. The zero-order chi connectivity index (χ0) is 11.4. The summed E-state index contributed by atoms with van der Waals surface area (Å²) in [4.78, 5) is 0. The van der Waals surface area contributed by atoms with E-state index in [-0.39, 0.29) is 6.10 Å². The van der Waals surface area contributed by atoms with E-state index >= 15 is 0 Å². The Hall–Kier alpha value is -1.53. The molecule has 0 atom stereocenters. The summed E-state index contributed by atoms with van der Waals surface area (Å²) >= 11 is 0. The van der Waals surface area contributed by atoms with Gasteiger partial charge in [-0.3, -0.25) is 0 Å². The van der Waals surface area contributed by atoms with E-state index in [0.29, 0.717) is 5.56 Å². The molecule has 1 heterocycles. The topological polar surface area (TPSA) is 42.2 Å². The van der Waals surface area contributed by atoms with Crippen LogP contribution in [0.3, 0.4) is 0 Å². The van der Waals surface area contributed by atoms with Gasteiger partial charge in [0.2, 0.25) is 0 Å². The van der Waals surface area contributed by atoms with Crippen molar-refractivity contribution in [1.29, 1.82) is 5.26 Å². The summed E-state index contributed by atoms with van der Waals surface area (Å²) in [7, 11) is 0. The van der Waals surface area contributed by atoms with Crippen molar-refractivity contribution in [2.75, 3.05) is 13.2 Å². The lowest BCUT2D eigenvalue weighted by Gasteiger charge is -2.24. The lowest BCUT2D eigenvalue weighted by atomic mass is 10.1. The first-order chi connectivity index (χ1) is 7.79. The molecular weight excluding hydrogens is 202 g/mol. The number of aryl methyl sites for hydroxylation is 1. The average Bonchev–Trinajstić information content (AvgIpc) is 2.33. The van der Waals surface area contributed by atoms with Gasteiger partial charge >= 0.3 is 0 Å². The second-order valence-corrected chi connectivity index (χ2v) is 4.02. The molecule has 0 bridgehead atoms. The van der Waals surface area contributed by atoms with Gasteiger partial charge in [0.25, 0.3) is 0 Å². The molecular formula is C13H15NO2. The molecule has 0 radical (unpaired) electrons. The molecule has 1 saturated heterocycles. The van der Waals surface area contributed by atoms with Gasteiger partial charge in [0.15, 0.2) is 0 Å². The second-order valence-electron chi connectivity index (χ2n) is 4.02. The van der Waals surface area contributed by atoms with Crippen LogP contribution in [-0.4, -0.2) is 19.3 Å². The van der Waals surface area contributed by atoms with Crippen molar-refractivity contribution < 1.29 is 9.47 Å². The number of ether oxygens (including phenoxy) is 2. The molecule has 3 heteroatoms. The van der Waals surface area contributed by atoms with Crippen LogP contribution in [0.1, 0.15) is 24.0 Å². The lowest BCUT2D eigenvalue weighted by Crippen LogP contribution is -2.26. The quantitative estimate of drug-likeness (QED) is 0.764. The summed E-state index contributed by atoms with van der Waals surface area (Å²) in [5.41, 5.74) is 1.70. The van der Waals surface area contributed by atoms with E-state index < -0.39 is 0 Å². The predicted octanol–water partition coefficient (Wildman–Crippen LogP) is 2.42. The van der Waals surface area contributed by atoms with Crippen molar-refractivity contribution in [3.8, 4) is 11.8 Å². The number of hydrogen-bond acceptors (Lipinski definition) is 3. The van der Waals surface area contributed by atoms with Gasteiger partial charge in [-0.25, -0.2) is 0 Å². The summed E-state index contributed by atoms with van der Waals surface area (Å²) in [6.07, 6.45) is 2.14. The maximum absolute atomic E-state index is 8.77. The van der Waals surface area contributed by atoms with Gasteiger partial charge < -0.3 is 9.47 Å². The smallest absolute Gasteiger partial charge is 0.122 e. The van der Waals surface area contributed by atoms with E-state index in [2.05, 4.69) is 6.07 Å². The van der Waals surface area contributed by atoms with Gasteiger partial charge in [-0.1, -0.05) is 0 Å².